The third kappa shape index (κ3) is 2.67. The number of carbonyl (C=O) groups is 1. The number of hydrogen-bond donors (Lipinski definition) is 0. The number of Topliss-reactive ketones (excluding diaryl/α,β-unsaturated/α-hetero) is 1. The number of nitrogens with zero attached hydrogens (tertiary/aromatic N) is 1. The average molecular weight is 385 g/mol. The second kappa shape index (κ2) is 5.21. The molecule has 0 saturated heterocycles. The van der Waals surface area contributed by atoms with Gasteiger partial charge in [-0.3, -0.25) is 9.78 Å². The van der Waals surface area contributed by atoms with Gasteiger partial charge in [-0.2, -0.15) is 0 Å². The van der Waals surface area contributed by atoms with Crippen LogP contribution in [0.4, 0.5) is 0 Å². The summed E-state index contributed by atoms with van der Waals surface area (Å²) in [7, 11) is 0. The Kier molecular flexibility index (Phi) is 3.58. The van der Waals surface area contributed by atoms with Crippen molar-refractivity contribution in [2.24, 2.45) is 5.92 Å². The van der Waals surface area contributed by atoms with Crippen molar-refractivity contribution in [3.8, 4) is 5.75 Å². The highest BCUT2D eigenvalue weighted by Crippen LogP contribution is 2.37. The minimum absolute atomic E-state index is 0.122. The number of rotatable bonds is 4. The van der Waals surface area contributed by atoms with Gasteiger partial charge in [-0.05, 0) is 40.9 Å². The lowest BCUT2D eigenvalue weighted by Gasteiger charge is -2.11. The Morgan fingerprint density at radius 3 is 2.89 bits per heavy atom. The fourth-order valence-electron chi connectivity index (χ4n) is 1.95. The van der Waals surface area contributed by atoms with E-state index in [1.54, 1.807) is 6.20 Å². The molecule has 0 aliphatic heterocycles. The Labute approximate surface area is 127 Å². The van der Waals surface area contributed by atoms with E-state index < -0.39 is 0 Å². The van der Waals surface area contributed by atoms with Crippen LogP contribution in [0.2, 0.25) is 0 Å². The standard InChI is InChI=1S/C14H11Br2NO2/c15-10-6-11(16)14(13-9(10)2-1-5-17-13)19-7-12(18)8-3-4-8/h1-2,5-6,8H,3-4,7H2. The molecule has 3 rings (SSSR count). The first-order valence-electron chi connectivity index (χ1n) is 6.05. The fraction of sp³-hybridized carbons (Fsp3) is 0.286. The zero-order chi connectivity index (χ0) is 13.4. The lowest BCUT2D eigenvalue weighted by atomic mass is 10.2. The molecule has 1 heterocycles. The molecule has 0 N–H and O–H groups in total. The maximum Gasteiger partial charge on any atom is 0.173 e. The smallest absolute Gasteiger partial charge is 0.173 e. The molecule has 1 aliphatic rings. The van der Waals surface area contributed by atoms with Crippen LogP contribution in [-0.2, 0) is 4.79 Å². The molecule has 1 saturated carbocycles. The van der Waals surface area contributed by atoms with Crippen molar-refractivity contribution in [2.75, 3.05) is 6.61 Å². The Morgan fingerprint density at radius 1 is 1.37 bits per heavy atom. The van der Waals surface area contributed by atoms with Crippen LogP contribution in [0, 0.1) is 5.92 Å². The molecular weight excluding hydrogens is 374 g/mol. The number of ketones is 1. The number of carbonyl (C=O) groups excluding carboxylic acids is 1. The summed E-state index contributed by atoms with van der Waals surface area (Å²) < 4.78 is 7.44. The number of aromatic nitrogens is 1. The molecule has 3 nitrogen and oxygen atoms in total. The lowest BCUT2D eigenvalue weighted by molar-refractivity contribution is -0.122. The molecule has 1 fully saturated rings. The number of fused-ring (bicyclic) bond motifs is 1. The van der Waals surface area contributed by atoms with Gasteiger partial charge in [0.1, 0.15) is 12.1 Å². The molecule has 0 atom stereocenters. The van der Waals surface area contributed by atoms with Crippen molar-refractivity contribution in [1.82, 2.24) is 4.98 Å². The summed E-state index contributed by atoms with van der Waals surface area (Å²) in [4.78, 5) is 16.1. The summed E-state index contributed by atoms with van der Waals surface area (Å²) in [6, 6.07) is 5.76. The SMILES string of the molecule is O=C(COc1c(Br)cc(Br)c2cccnc12)C1CC1. The van der Waals surface area contributed by atoms with Crippen LogP contribution in [0.1, 0.15) is 12.8 Å². The van der Waals surface area contributed by atoms with E-state index in [2.05, 4.69) is 36.8 Å². The van der Waals surface area contributed by atoms with Crippen molar-refractivity contribution in [2.45, 2.75) is 12.8 Å². The van der Waals surface area contributed by atoms with Crippen LogP contribution < -0.4 is 4.74 Å². The zero-order valence-electron chi connectivity index (χ0n) is 10.0. The zero-order valence-corrected chi connectivity index (χ0v) is 13.2. The molecule has 0 spiro atoms. The number of halogens is 2. The fourth-order valence-corrected chi connectivity index (χ4v) is 3.34. The summed E-state index contributed by atoms with van der Waals surface area (Å²) in [6.45, 7) is 0.122. The second-order valence-electron chi connectivity index (χ2n) is 4.60. The molecule has 5 heteroatoms. The first kappa shape index (κ1) is 13.1. The van der Waals surface area contributed by atoms with Crippen LogP contribution in [0.3, 0.4) is 0 Å². The van der Waals surface area contributed by atoms with Crippen molar-refractivity contribution >= 4 is 48.5 Å². The maximum absolute atomic E-state index is 11.7. The Hall–Kier alpha value is -0.940. The van der Waals surface area contributed by atoms with E-state index in [1.165, 1.54) is 0 Å². The van der Waals surface area contributed by atoms with Crippen LogP contribution in [-0.4, -0.2) is 17.4 Å². The first-order chi connectivity index (χ1) is 9.16. The average Bonchev–Trinajstić information content (AvgIpc) is 3.22. The largest absolute Gasteiger partial charge is 0.482 e. The summed E-state index contributed by atoms with van der Waals surface area (Å²) >= 11 is 6.97. The van der Waals surface area contributed by atoms with Gasteiger partial charge in [0.15, 0.2) is 11.5 Å². The van der Waals surface area contributed by atoms with Gasteiger partial charge in [-0.1, -0.05) is 22.0 Å². The molecule has 98 valence electrons. The monoisotopic (exact) mass is 383 g/mol. The number of hydrogen-bond acceptors (Lipinski definition) is 3. The molecule has 1 aromatic carbocycles. The summed E-state index contributed by atoms with van der Waals surface area (Å²) in [5, 5.41) is 0.972. The van der Waals surface area contributed by atoms with Gasteiger partial charge in [-0.15, -0.1) is 0 Å². The number of pyridine rings is 1. The second-order valence-corrected chi connectivity index (χ2v) is 6.31. The predicted octanol–water partition coefficient (Wildman–Crippen LogP) is 4.12. The normalized spacial score (nSPS) is 14.6. The van der Waals surface area contributed by atoms with Gasteiger partial charge in [-0.25, -0.2) is 0 Å². The Bertz CT molecular complexity index is 653. The topological polar surface area (TPSA) is 39.2 Å². The van der Waals surface area contributed by atoms with E-state index in [0.29, 0.717) is 5.75 Å². The Morgan fingerprint density at radius 2 is 2.16 bits per heavy atom. The van der Waals surface area contributed by atoms with Crippen molar-refractivity contribution in [3.63, 3.8) is 0 Å². The van der Waals surface area contributed by atoms with Crippen LogP contribution in [0.15, 0.2) is 33.3 Å². The third-order valence-corrected chi connectivity index (χ3v) is 4.39. The highest BCUT2D eigenvalue weighted by atomic mass is 79.9. The summed E-state index contributed by atoms with van der Waals surface area (Å²) in [6.07, 6.45) is 3.72. The molecule has 19 heavy (non-hydrogen) atoms. The van der Waals surface area contributed by atoms with Gasteiger partial charge < -0.3 is 4.74 Å². The summed E-state index contributed by atoms with van der Waals surface area (Å²) in [5.41, 5.74) is 0.757. The van der Waals surface area contributed by atoms with Crippen molar-refractivity contribution in [3.05, 3.63) is 33.3 Å². The highest BCUT2D eigenvalue weighted by Gasteiger charge is 2.29. The maximum atomic E-state index is 11.7. The van der Waals surface area contributed by atoms with Crippen LogP contribution >= 0.6 is 31.9 Å². The summed E-state index contributed by atoms with van der Waals surface area (Å²) in [5.74, 6) is 1.03. The van der Waals surface area contributed by atoms with Gasteiger partial charge in [0.05, 0.1) is 4.47 Å². The van der Waals surface area contributed by atoms with Gasteiger partial charge in [0.25, 0.3) is 0 Å². The van der Waals surface area contributed by atoms with Crippen molar-refractivity contribution < 1.29 is 9.53 Å². The predicted molar refractivity (Wildman–Crippen MR) is 80.4 cm³/mol. The van der Waals surface area contributed by atoms with E-state index in [-0.39, 0.29) is 18.3 Å². The van der Waals surface area contributed by atoms with Crippen LogP contribution in [0.25, 0.3) is 10.9 Å². The highest BCUT2D eigenvalue weighted by molar-refractivity contribution is 9.11. The molecule has 0 bridgehead atoms. The molecular formula is C14H11Br2NO2. The molecule has 1 aliphatic carbocycles. The molecule has 1 aromatic heterocycles. The van der Waals surface area contributed by atoms with Crippen molar-refractivity contribution in [1.29, 1.82) is 0 Å². The minimum atomic E-state index is 0.122. The van der Waals surface area contributed by atoms with E-state index in [1.807, 2.05) is 18.2 Å². The quantitative estimate of drug-likeness (QED) is 0.795. The van der Waals surface area contributed by atoms with Gasteiger partial charge in [0.2, 0.25) is 0 Å². The molecule has 0 amide bonds. The molecule has 2 aromatic rings. The number of benzene rings is 1. The van der Waals surface area contributed by atoms with Crippen LogP contribution in [0.5, 0.6) is 5.75 Å². The minimum Gasteiger partial charge on any atom is -0.482 e. The van der Waals surface area contributed by atoms with Gasteiger partial charge >= 0.3 is 0 Å². The van der Waals surface area contributed by atoms with Gasteiger partial charge in [0, 0.05) is 22.0 Å². The first-order valence-corrected chi connectivity index (χ1v) is 7.63. The third-order valence-electron chi connectivity index (χ3n) is 3.14. The molecule has 0 unspecified atom stereocenters. The van der Waals surface area contributed by atoms with E-state index >= 15 is 0 Å². The van der Waals surface area contributed by atoms with E-state index in [9.17, 15) is 4.79 Å². The number of ether oxygens (including phenoxy) is 1. The lowest BCUT2D eigenvalue weighted by Crippen LogP contribution is -2.13. The van der Waals surface area contributed by atoms with E-state index in [4.69, 9.17) is 4.74 Å². The van der Waals surface area contributed by atoms with E-state index in [0.717, 1.165) is 32.7 Å². The Balaban J connectivity index is 1.95. The molecule has 0 radical (unpaired) electrons.